The Morgan fingerprint density at radius 1 is 1.41 bits per heavy atom. The molecule has 1 atom stereocenters. The molecule has 0 aromatic rings. The zero-order chi connectivity index (χ0) is 12.7. The van der Waals surface area contributed by atoms with E-state index in [1.165, 1.54) is 0 Å². The predicted molar refractivity (Wildman–Crippen MR) is 64.8 cm³/mol. The smallest absolute Gasteiger partial charge is 0.241 e. The molecule has 0 aromatic heterocycles. The van der Waals surface area contributed by atoms with Gasteiger partial charge in [0, 0.05) is 6.54 Å². The lowest BCUT2D eigenvalue weighted by molar-refractivity contribution is -0.130. The zero-order valence-corrected chi connectivity index (χ0v) is 11.1. The molecule has 17 heavy (non-hydrogen) atoms. The van der Waals surface area contributed by atoms with Crippen molar-refractivity contribution in [2.75, 3.05) is 13.1 Å². The van der Waals surface area contributed by atoms with Crippen molar-refractivity contribution in [3.63, 3.8) is 0 Å². The van der Waals surface area contributed by atoms with Crippen molar-refractivity contribution >= 4 is 15.9 Å². The molecule has 1 heterocycles. The number of amides is 1. The Balaban J connectivity index is 2.12. The number of nitrogens with one attached hydrogen (secondary N) is 2. The molecular formula is C11H20N2O3S. The van der Waals surface area contributed by atoms with Crippen LogP contribution in [-0.2, 0) is 14.8 Å². The van der Waals surface area contributed by atoms with E-state index in [1.54, 1.807) is 0 Å². The number of hydrogen-bond donors (Lipinski definition) is 2. The number of hydrogen-bond acceptors (Lipinski definition) is 4. The summed E-state index contributed by atoms with van der Waals surface area (Å²) in [6, 6.07) is 0. The maximum atomic E-state index is 12.2. The minimum absolute atomic E-state index is 0.131. The molecule has 2 fully saturated rings. The van der Waals surface area contributed by atoms with Gasteiger partial charge in [0.05, 0.1) is 10.7 Å². The lowest BCUT2D eigenvalue weighted by Gasteiger charge is -2.30. The van der Waals surface area contributed by atoms with Crippen molar-refractivity contribution in [1.29, 1.82) is 0 Å². The minimum Gasteiger partial charge on any atom is -0.316 e. The van der Waals surface area contributed by atoms with Crippen LogP contribution in [0.4, 0.5) is 0 Å². The maximum absolute atomic E-state index is 12.2. The highest BCUT2D eigenvalue weighted by Crippen LogP contribution is 2.35. The third kappa shape index (κ3) is 2.33. The van der Waals surface area contributed by atoms with E-state index in [4.69, 9.17) is 0 Å². The third-order valence-corrected chi connectivity index (χ3v) is 5.76. The van der Waals surface area contributed by atoms with E-state index >= 15 is 0 Å². The van der Waals surface area contributed by atoms with Crippen LogP contribution in [0.2, 0.25) is 0 Å². The van der Waals surface area contributed by atoms with Crippen LogP contribution >= 0.6 is 0 Å². The van der Waals surface area contributed by atoms with Gasteiger partial charge in [0.15, 0.2) is 0 Å². The van der Waals surface area contributed by atoms with E-state index < -0.39 is 15.4 Å². The second kappa shape index (κ2) is 4.24. The van der Waals surface area contributed by atoms with Gasteiger partial charge in [-0.15, -0.1) is 0 Å². The first-order valence-corrected chi connectivity index (χ1v) is 7.70. The van der Waals surface area contributed by atoms with Crippen molar-refractivity contribution in [2.24, 2.45) is 11.3 Å². The topological polar surface area (TPSA) is 75.3 Å². The maximum Gasteiger partial charge on any atom is 0.241 e. The number of carbonyl (C=O) groups excluding carboxylic acids is 1. The molecule has 1 aliphatic heterocycles. The van der Waals surface area contributed by atoms with Crippen LogP contribution in [0.5, 0.6) is 0 Å². The molecule has 2 aliphatic rings. The van der Waals surface area contributed by atoms with E-state index in [0.29, 0.717) is 25.8 Å². The average Bonchev–Trinajstić information content (AvgIpc) is 2.96. The number of rotatable bonds is 4. The van der Waals surface area contributed by atoms with Crippen LogP contribution < -0.4 is 10.0 Å². The SMILES string of the molecule is CC(C)C1(C(=O)NS(=O)(=O)C2CC2)CCNC1. The minimum atomic E-state index is -3.42. The fourth-order valence-electron chi connectivity index (χ4n) is 2.35. The Labute approximate surface area is 102 Å². The summed E-state index contributed by atoms with van der Waals surface area (Å²) >= 11 is 0. The van der Waals surface area contributed by atoms with Gasteiger partial charge in [0.1, 0.15) is 0 Å². The summed E-state index contributed by atoms with van der Waals surface area (Å²) in [6.45, 7) is 5.28. The van der Waals surface area contributed by atoms with Crippen molar-refractivity contribution in [3.05, 3.63) is 0 Å². The quantitative estimate of drug-likeness (QED) is 0.759. The second-order valence-electron chi connectivity index (χ2n) is 5.41. The Bertz CT molecular complexity index is 406. The second-order valence-corrected chi connectivity index (χ2v) is 7.37. The standard InChI is InChI=1S/C11H20N2O3S/c1-8(2)11(5-6-12-7-11)10(14)13-17(15,16)9-3-4-9/h8-9,12H,3-7H2,1-2H3,(H,13,14). The van der Waals surface area contributed by atoms with E-state index in [-0.39, 0.29) is 17.1 Å². The molecule has 2 N–H and O–H groups in total. The average molecular weight is 260 g/mol. The van der Waals surface area contributed by atoms with Crippen LogP contribution in [0.3, 0.4) is 0 Å². The summed E-state index contributed by atoms with van der Waals surface area (Å²) in [5.41, 5.74) is -0.567. The van der Waals surface area contributed by atoms with E-state index in [0.717, 1.165) is 6.54 Å². The lowest BCUT2D eigenvalue weighted by atomic mass is 9.76. The lowest BCUT2D eigenvalue weighted by Crippen LogP contribution is -2.48. The van der Waals surface area contributed by atoms with Gasteiger partial charge in [-0.2, -0.15) is 0 Å². The fourth-order valence-corrected chi connectivity index (χ4v) is 3.74. The van der Waals surface area contributed by atoms with Gasteiger partial charge >= 0.3 is 0 Å². The van der Waals surface area contributed by atoms with Gasteiger partial charge < -0.3 is 5.32 Å². The molecule has 1 amide bonds. The van der Waals surface area contributed by atoms with E-state index in [9.17, 15) is 13.2 Å². The van der Waals surface area contributed by atoms with Gasteiger partial charge in [-0.25, -0.2) is 8.42 Å². The van der Waals surface area contributed by atoms with Gasteiger partial charge in [-0.1, -0.05) is 13.8 Å². The van der Waals surface area contributed by atoms with E-state index in [1.807, 2.05) is 13.8 Å². The first kappa shape index (κ1) is 12.8. The molecule has 0 spiro atoms. The molecule has 1 aliphatic carbocycles. The Kier molecular flexibility index (Phi) is 3.20. The van der Waals surface area contributed by atoms with Crippen LogP contribution in [0.15, 0.2) is 0 Å². The van der Waals surface area contributed by atoms with Crippen LogP contribution in [0, 0.1) is 11.3 Å². The first-order chi connectivity index (χ1) is 7.88. The predicted octanol–water partition coefficient (Wildman–Crippen LogP) is 0.231. The summed E-state index contributed by atoms with van der Waals surface area (Å²) in [5.74, 6) is -0.198. The summed E-state index contributed by atoms with van der Waals surface area (Å²) in [6.07, 6.45) is 2.06. The number of carbonyl (C=O) groups is 1. The Morgan fingerprint density at radius 2 is 2.06 bits per heavy atom. The summed E-state index contributed by atoms with van der Waals surface area (Å²) in [4.78, 5) is 12.2. The zero-order valence-electron chi connectivity index (χ0n) is 10.3. The van der Waals surface area contributed by atoms with Crippen molar-refractivity contribution in [1.82, 2.24) is 10.0 Å². The summed E-state index contributed by atoms with van der Waals surface area (Å²) in [7, 11) is -3.42. The van der Waals surface area contributed by atoms with Crippen LogP contribution in [0.25, 0.3) is 0 Å². The molecule has 6 heteroatoms. The molecule has 0 aromatic carbocycles. The summed E-state index contributed by atoms with van der Waals surface area (Å²) < 4.78 is 25.8. The molecule has 1 saturated heterocycles. The Hall–Kier alpha value is -0.620. The highest BCUT2D eigenvalue weighted by atomic mass is 32.2. The van der Waals surface area contributed by atoms with Gasteiger partial charge in [0.25, 0.3) is 0 Å². The van der Waals surface area contributed by atoms with Crippen LogP contribution in [0.1, 0.15) is 33.1 Å². The largest absolute Gasteiger partial charge is 0.316 e. The van der Waals surface area contributed by atoms with Crippen molar-refractivity contribution in [3.8, 4) is 0 Å². The molecule has 0 radical (unpaired) electrons. The Morgan fingerprint density at radius 3 is 2.47 bits per heavy atom. The molecule has 1 unspecified atom stereocenters. The van der Waals surface area contributed by atoms with Gasteiger partial charge in [-0.05, 0) is 31.7 Å². The highest BCUT2D eigenvalue weighted by molar-refractivity contribution is 7.90. The monoisotopic (exact) mass is 260 g/mol. The van der Waals surface area contributed by atoms with Crippen molar-refractivity contribution < 1.29 is 13.2 Å². The third-order valence-electron chi connectivity index (χ3n) is 3.94. The van der Waals surface area contributed by atoms with Crippen LogP contribution in [-0.4, -0.2) is 32.7 Å². The highest BCUT2D eigenvalue weighted by Gasteiger charge is 2.47. The summed E-state index contributed by atoms with van der Waals surface area (Å²) in [5, 5.41) is 2.81. The molecule has 98 valence electrons. The van der Waals surface area contributed by atoms with E-state index in [2.05, 4.69) is 10.0 Å². The molecule has 2 rings (SSSR count). The molecular weight excluding hydrogens is 240 g/mol. The molecule has 5 nitrogen and oxygen atoms in total. The van der Waals surface area contributed by atoms with Gasteiger partial charge in [0.2, 0.25) is 15.9 Å². The fraction of sp³-hybridized carbons (Fsp3) is 0.909. The first-order valence-electron chi connectivity index (χ1n) is 6.15. The normalized spacial score (nSPS) is 29.6. The molecule has 1 saturated carbocycles. The number of sulfonamides is 1. The van der Waals surface area contributed by atoms with Gasteiger partial charge in [-0.3, -0.25) is 9.52 Å². The molecule has 0 bridgehead atoms. The van der Waals surface area contributed by atoms with Crippen molar-refractivity contribution in [2.45, 2.75) is 38.4 Å².